The van der Waals surface area contributed by atoms with Gasteiger partial charge in [-0.1, -0.05) is 67.8 Å². The zero-order valence-electron chi connectivity index (χ0n) is 26.2. The summed E-state index contributed by atoms with van der Waals surface area (Å²) in [4.78, 5) is 4.70. The van der Waals surface area contributed by atoms with Crippen molar-refractivity contribution in [3.63, 3.8) is 0 Å². The number of para-hydroxylation sites is 1. The van der Waals surface area contributed by atoms with Crippen molar-refractivity contribution in [1.29, 1.82) is 0 Å². The molecule has 0 bridgehead atoms. The highest BCUT2D eigenvalue weighted by Crippen LogP contribution is 2.51. The molecular formula is C37H35NO. The number of pyridine rings is 1. The second-order valence-electron chi connectivity index (χ2n) is 11.9. The summed E-state index contributed by atoms with van der Waals surface area (Å²) in [5.41, 5.74) is 4.19. The minimum absolute atomic E-state index is 0.209. The Labute approximate surface area is 235 Å². The molecule has 2 aromatic heterocycles. The summed E-state index contributed by atoms with van der Waals surface area (Å²) in [6, 6.07) is 25.0. The number of hydrogen-bond acceptors (Lipinski definition) is 2. The molecule has 39 heavy (non-hydrogen) atoms. The van der Waals surface area contributed by atoms with Crippen molar-refractivity contribution in [2.45, 2.75) is 70.5 Å². The Morgan fingerprint density at radius 1 is 0.795 bits per heavy atom. The van der Waals surface area contributed by atoms with Crippen LogP contribution in [0.15, 0.2) is 83.4 Å². The third kappa shape index (κ3) is 3.79. The topological polar surface area (TPSA) is 26.0 Å². The average molecular weight is 514 g/mol. The van der Waals surface area contributed by atoms with Crippen LogP contribution >= 0.6 is 0 Å². The van der Waals surface area contributed by atoms with Crippen molar-refractivity contribution >= 4 is 43.5 Å². The van der Waals surface area contributed by atoms with Crippen LogP contribution in [-0.4, -0.2) is 4.98 Å². The van der Waals surface area contributed by atoms with E-state index in [-0.39, 0.29) is 5.56 Å². The molecule has 0 aliphatic heterocycles. The lowest BCUT2D eigenvalue weighted by Gasteiger charge is -2.43. The Bertz CT molecular complexity index is 2020. The molecule has 0 unspecified atom stereocenters. The molecule has 194 valence electrons. The predicted octanol–water partition coefficient (Wildman–Crippen LogP) is 10.9. The third-order valence-corrected chi connectivity index (χ3v) is 9.75. The number of aromatic nitrogens is 1. The van der Waals surface area contributed by atoms with Crippen LogP contribution in [0, 0.1) is 12.3 Å². The van der Waals surface area contributed by atoms with Crippen LogP contribution in [0.3, 0.4) is 0 Å². The molecule has 2 fully saturated rings. The third-order valence-electron chi connectivity index (χ3n) is 9.75. The summed E-state index contributed by atoms with van der Waals surface area (Å²) in [5.74, 6) is -0.940. The molecule has 8 rings (SSSR count). The highest BCUT2D eigenvalue weighted by Gasteiger charge is 2.36. The van der Waals surface area contributed by atoms with Crippen LogP contribution in [0.4, 0.5) is 0 Å². The molecule has 1 spiro atoms. The minimum atomic E-state index is -2.33. The predicted molar refractivity (Wildman–Crippen MR) is 163 cm³/mol. The Hall–Kier alpha value is -3.65. The normalized spacial score (nSPS) is 20.7. The number of aryl methyl sites for hydroxylation is 1. The Morgan fingerprint density at radius 3 is 2.49 bits per heavy atom. The van der Waals surface area contributed by atoms with E-state index < -0.39 is 12.7 Å². The summed E-state index contributed by atoms with van der Waals surface area (Å²) < 4.78 is 41.1. The fourth-order valence-corrected chi connectivity index (χ4v) is 7.55. The van der Waals surface area contributed by atoms with Crippen LogP contribution in [0.1, 0.15) is 80.3 Å². The maximum atomic E-state index is 9.64. The minimum Gasteiger partial charge on any atom is -0.455 e. The zero-order valence-corrected chi connectivity index (χ0v) is 22.2. The Morgan fingerprint density at radius 2 is 1.62 bits per heavy atom. The van der Waals surface area contributed by atoms with Gasteiger partial charge in [-0.15, -0.1) is 0 Å². The maximum absolute atomic E-state index is 9.64. The highest BCUT2D eigenvalue weighted by atomic mass is 16.3. The molecule has 0 amide bonds. The van der Waals surface area contributed by atoms with Gasteiger partial charge in [-0.25, -0.2) is 0 Å². The fourth-order valence-electron chi connectivity index (χ4n) is 7.55. The van der Waals surface area contributed by atoms with Gasteiger partial charge in [0.05, 0.1) is 5.69 Å². The van der Waals surface area contributed by atoms with Crippen molar-refractivity contribution in [2.24, 2.45) is 5.41 Å². The molecule has 0 N–H and O–H groups in total. The van der Waals surface area contributed by atoms with Crippen LogP contribution in [-0.2, 0) is 0 Å². The van der Waals surface area contributed by atoms with Gasteiger partial charge < -0.3 is 4.42 Å². The van der Waals surface area contributed by atoms with E-state index in [2.05, 4.69) is 54.6 Å². The van der Waals surface area contributed by atoms with Crippen LogP contribution in [0.2, 0.25) is 0 Å². The van der Waals surface area contributed by atoms with E-state index in [1.165, 1.54) is 49.1 Å². The number of furan rings is 1. The second kappa shape index (κ2) is 8.95. The van der Waals surface area contributed by atoms with E-state index in [4.69, 9.17) is 13.5 Å². The van der Waals surface area contributed by atoms with Gasteiger partial charge in [0.2, 0.25) is 0 Å². The molecule has 2 nitrogen and oxygen atoms in total. The average Bonchev–Trinajstić information content (AvgIpc) is 3.39. The molecule has 4 aromatic carbocycles. The fraction of sp³-hybridized carbons (Fsp3) is 0.324. The van der Waals surface area contributed by atoms with E-state index in [1.807, 2.05) is 18.2 Å². The number of hydrogen-bond donors (Lipinski definition) is 0. The first kappa shape index (κ1) is 19.4. The molecular weight excluding hydrogens is 474 g/mol. The Kier molecular flexibility index (Phi) is 4.45. The highest BCUT2D eigenvalue weighted by molar-refractivity contribution is 6.17. The summed E-state index contributed by atoms with van der Waals surface area (Å²) in [7, 11) is 0. The summed E-state index contributed by atoms with van der Waals surface area (Å²) >= 11 is 0. The van der Waals surface area contributed by atoms with E-state index >= 15 is 0 Å². The van der Waals surface area contributed by atoms with Crippen molar-refractivity contribution in [3.8, 4) is 11.3 Å². The van der Waals surface area contributed by atoms with Crippen LogP contribution in [0.25, 0.3) is 54.7 Å². The lowest BCUT2D eigenvalue weighted by Crippen LogP contribution is -2.29. The van der Waals surface area contributed by atoms with E-state index in [0.29, 0.717) is 29.5 Å². The first-order valence-corrected chi connectivity index (χ1v) is 14.5. The largest absolute Gasteiger partial charge is 0.455 e. The Balaban J connectivity index is 1.26. The van der Waals surface area contributed by atoms with Gasteiger partial charge in [0, 0.05) is 28.0 Å². The maximum Gasteiger partial charge on any atom is 0.144 e. The molecule has 2 heterocycles. The molecule has 0 saturated heterocycles. The van der Waals surface area contributed by atoms with Crippen molar-refractivity contribution in [3.05, 3.63) is 90.1 Å². The molecule has 2 aliphatic rings. The van der Waals surface area contributed by atoms with Gasteiger partial charge in [0.1, 0.15) is 11.2 Å². The quantitative estimate of drug-likeness (QED) is 0.215. The number of fused-ring (bicyclic) bond motifs is 6. The van der Waals surface area contributed by atoms with Gasteiger partial charge in [0.25, 0.3) is 0 Å². The van der Waals surface area contributed by atoms with Crippen molar-refractivity contribution in [2.75, 3.05) is 0 Å². The van der Waals surface area contributed by atoms with Gasteiger partial charge >= 0.3 is 0 Å². The molecule has 2 saturated carbocycles. The molecule has 2 aliphatic carbocycles. The molecule has 6 aromatic rings. The lowest BCUT2D eigenvalue weighted by molar-refractivity contribution is 0.114. The number of nitrogens with zero attached hydrogens (tertiary/aromatic N) is 1. The summed E-state index contributed by atoms with van der Waals surface area (Å²) in [5, 5.41) is 6.74. The van der Waals surface area contributed by atoms with Crippen LogP contribution in [0.5, 0.6) is 0 Å². The number of benzene rings is 4. The van der Waals surface area contributed by atoms with E-state index in [1.54, 1.807) is 0 Å². The second-order valence-corrected chi connectivity index (χ2v) is 11.9. The standard InChI is InChI=1S/C37H35NO/c1-24-23-38-34(21-31(24)26-14-18-37(19-15-26)16-5-2-6-17-37)30-11-7-10-29-33-20-27-13-12-25-8-3-4-9-28(25)32(27)22-35(33)39-36(29)30/h3-4,7-13,20-23,26H,2,5-6,14-19H2,1H3/i1D3,26D. The molecule has 2 heteroatoms. The van der Waals surface area contributed by atoms with Crippen molar-refractivity contribution < 1.29 is 9.90 Å². The van der Waals surface area contributed by atoms with Gasteiger partial charge in [-0.05, 0) is 114 Å². The SMILES string of the molecule is [2H]C([2H])([2H])c1cnc(-c2cccc3c2oc2cc4c(ccc5ccccc54)cc23)cc1C1([2H])CCC2(CCCCC2)CC1. The number of rotatable bonds is 2. The lowest BCUT2D eigenvalue weighted by atomic mass is 9.62. The van der Waals surface area contributed by atoms with E-state index in [9.17, 15) is 1.37 Å². The summed E-state index contributed by atoms with van der Waals surface area (Å²) in [6.07, 6.45) is 11.2. The summed E-state index contributed by atoms with van der Waals surface area (Å²) in [6.45, 7) is -2.33. The first-order chi connectivity index (χ1) is 20.7. The van der Waals surface area contributed by atoms with E-state index in [0.717, 1.165) is 51.1 Å². The van der Waals surface area contributed by atoms with Gasteiger partial charge in [-0.2, -0.15) is 0 Å². The zero-order chi connectivity index (χ0) is 29.4. The monoisotopic (exact) mass is 513 g/mol. The first-order valence-electron chi connectivity index (χ1n) is 16.5. The molecule has 0 radical (unpaired) electrons. The van der Waals surface area contributed by atoms with Crippen LogP contribution < -0.4 is 0 Å². The van der Waals surface area contributed by atoms with Gasteiger partial charge in [-0.3, -0.25) is 4.98 Å². The van der Waals surface area contributed by atoms with Gasteiger partial charge in [0.15, 0.2) is 0 Å². The smallest absolute Gasteiger partial charge is 0.144 e. The van der Waals surface area contributed by atoms with Crippen molar-refractivity contribution in [1.82, 2.24) is 4.98 Å². The molecule has 0 atom stereocenters.